The Morgan fingerprint density at radius 1 is 0.941 bits per heavy atom. The first kappa shape index (κ1) is 23.7. The molecule has 3 aromatic carbocycles. The van der Waals surface area contributed by atoms with Crippen LogP contribution in [0.4, 0.5) is 0 Å². The molecule has 0 saturated carbocycles. The maximum atomic E-state index is 13.8. The minimum Gasteiger partial charge on any atom is -0.360 e. The highest BCUT2D eigenvalue weighted by molar-refractivity contribution is 6.11. The number of nitrogens with one attached hydrogen (secondary N) is 2. The van der Waals surface area contributed by atoms with Gasteiger partial charge in [0.2, 0.25) is 0 Å². The van der Waals surface area contributed by atoms with E-state index in [2.05, 4.69) is 48.4 Å². The third-order valence-corrected chi connectivity index (χ3v) is 6.42. The van der Waals surface area contributed by atoms with Crippen molar-refractivity contribution >= 4 is 22.5 Å². The number of aryl methyl sites for hydroxylation is 1. The normalized spacial score (nSPS) is 13.0. The van der Waals surface area contributed by atoms with E-state index in [4.69, 9.17) is 0 Å². The maximum absolute atomic E-state index is 13.8. The van der Waals surface area contributed by atoms with Crippen molar-refractivity contribution in [3.8, 4) is 0 Å². The summed E-state index contributed by atoms with van der Waals surface area (Å²) in [5.41, 5.74) is 5.54. The molecule has 0 radical (unpaired) electrons. The second-order valence-electron chi connectivity index (χ2n) is 9.06. The lowest BCUT2D eigenvalue weighted by atomic mass is 9.94. The maximum Gasteiger partial charge on any atom is 0.186 e. The summed E-state index contributed by atoms with van der Waals surface area (Å²) in [4.78, 5) is 29.3. The molecule has 4 aromatic rings. The fourth-order valence-corrected chi connectivity index (χ4v) is 4.35. The van der Waals surface area contributed by atoms with Crippen LogP contribution < -0.4 is 5.32 Å². The van der Waals surface area contributed by atoms with Crippen LogP contribution in [0, 0.1) is 6.92 Å². The number of carbonyl (C=O) groups is 2. The highest BCUT2D eigenvalue weighted by Crippen LogP contribution is 2.27. The number of ketones is 2. The van der Waals surface area contributed by atoms with Gasteiger partial charge in [0.05, 0.1) is 6.04 Å². The molecule has 174 valence electrons. The summed E-state index contributed by atoms with van der Waals surface area (Å²) in [5.74, 6) is 0.400. The molecule has 4 nitrogen and oxygen atoms in total. The number of H-pyrrole nitrogens is 1. The number of Topliss-reactive ketones (excluding diaryl/α,β-unsaturated/α-hetero) is 2. The Balaban J connectivity index is 1.60. The minimum atomic E-state index is -0.463. The topological polar surface area (TPSA) is 62.0 Å². The van der Waals surface area contributed by atoms with E-state index in [9.17, 15) is 9.59 Å². The zero-order chi connectivity index (χ0) is 24.1. The largest absolute Gasteiger partial charge is 0.360 e. The lowest BCUT2D eigenvalue weighted by Gasteiger charge is -2.21. The first-order valence-electron chi connectivity index (χ1n) is 12.0. The van der Waals surface area contributed by atoms with E-state index in [1.165, 1.54) is 11.1 Å². The van der Waals surface area contributed by atoms with Crippen molar-refractivity contribution in [3.05, 3.63) is 107 Å². The number of hydrogen-bond acceptors (Lipinski definition) is 3. The monoisotopic (exact) mass is 452 g/mol. The number of fused-ring (bicyclic) bond motifs is 1. The number of carbonyl (C=O) groups excluding carboxylic acids is 2. The molecule has 0 aliphatic carbocycles. The van der Waals surface area contributed by atoms with Crippen molar-refractivity contribution in [2.75, 3.05) is 6.54 Å². The second-order valence-corrected chi connectivity index (χ2v) is 9.06. The molecule has 0 saturated heterocycles. The van der Waals surface area contributed by atoms with E-state index >= 15 is 0 Å². The number of aromatic nitrogens is 1. The number of hydrogen-bond donors (Lipinski definition) is 2. The van der Waals surface area contributed by atoms with Gasteiger partial charge in [0, 0.05) is 41.2 Å². The fourth-order valence-electron chi connectivity index (χ4n) is 4.35. The van der Waals surface area contributed by atoms with Gasteiger partial charge in [-0.1, -0.05) is 86.1 Å². The third kappa shape index (κ3) is 5.18. The number of benzene rings is 3. The van der Waals surface area contributed by atoms with Crippen molar-refractivity contribution in [2.45, 2.75) is 45.6 Å². The van der Waals surface area contributed by atoms with Gasteiger partial charge in [-0.05, 0) is 36.5 Å². The Bertz CT molecular complexity index is 1270. The van der Waals surface area contributed by atoms with Crippen LogP contribution in [0.15, 0.2) is 79.0 Å². The molecule has 0 spiro atoms. The molecule has 0 unspecified atom stereocenters. The molecule has 2 atom stereocenters. The van der Waals surface area contributed by atoms with Crippen LogP contribution in [0.1, 0.15) is 76.1 Å². The van der Waals surface area contributed by atoms with E-state index in [0.29, 0.717) is 24.1 Å². The van der Waals surface area contributed by atoms with Crippen molar-refractivity contribution in [2.24, 2.45) is 0 Å². The summed E-state index contributed by atoms with van der Waals surface area (Å²) in [7, 11) is 0. The van der Waals surface area contributed by atoms with Crippen LogP contribution in [-0.2, 0) is 0 Å². The van der Waals surface area contributed by atoms with Gasteiger partial charge in [0.15, 0.2) is 11.6 Å². The molecule has 4 rings (SSSR count). The van der Waals surface area contributed by atoms with E-state index < -0.39 is 6.04 Å². The van der Waals surface area contributed by atoms with Gasteiger partial charge in [-0.15, -0.1) is 0 Å². The fraction of sp³-hybridized carbons (Fsp3) is 0.267. The van der Waals surface area contributed by atoms with Crippen LogP contribution in [0.3, 0.4) is 0 Å². The zero-order valence-corrected chi connectivity index (χ0v) is 20.1. The summed E-state index contributed by atoms with van der Waals surface area (Å²) in [6.45, 7) is 6.93. The summed E-state index contributed by atoms with van der Waals surface area (Å²) in [6.07, 6.45) is 3.11. The Labute approximate surface area is 201 Å². The molecule has 1 aromatic heterocycles. The van der Waals surface area contributed by atoms with Gasteiger partial charge in [-0.2, -0.15) is 0 Å². The van der Waals surface area contributed by atoms with Gasteiger partial charge in [0.25, 0.3) is 0 Å². The first-order valence-corrected chi connectivity index (χ1v) is 12.0. The lowest BCUT2D eigenvalue weighted by molar-refractivity contribution is 0.0942. The van der Waals surface area contributed by atoms with Crippen LogP contribution in [-0.4, -0.2) is 23.1 Å². The molecule has 1 heterocycles. The Hall–Kier alpha value is -3.50. The Morgan fingerprint density at radius 2 is 1.68 bits per heavy atom. The average molecular weight is 453 g/mol. The van der Waals surface area contributed by atoms with Crippen molar-refractivity contribution < 1.29 is 9.59 Å². The molecular formula is C30H32N2O2. The van der Waals surface area contributed by atoms with E-state index in [-0.39, 0.29) is 17.5 Å². The molecule has 0 aliphatic heterocycles. The molecular weight excluding hydrogens is 420 g/mol. The molecule has 0 amide bonds. The predicted octanol–water partition coefficient (Wildman–Crippen LogP) is 6.78. The van der Waals surface area contributed by atoms with Crippen molar-refractivity contribution in [1.29, 1.82) is 0 Å². The zero-order valence-electron chi connectivity index (χ0n) is 20.1. The smallest absolute Gasteiger partial charge is 0.186 e. The third-order valence-electron chi connectivity index (χ3n) is 6.42. The Kier molecular flexibility index (Phi) is 7.39. The number of rotatable bonds is 10. The first-order chi connectivity index (χ1) is 16.5. The summed E-state index contributed by atoms with van der Waals surface area (Å²) in [6, 6.07) is 23.5. The Morgan fingerprint density at radius 3 is 2.38 bits per heavy atom. The molecule has 0 fully saturated rings. The second kappa shape index (κ2) is 10.6. The quantitative estimate of drug-likeness (QED) is 0.261. The van der Waals surface area contributed by atoms with E-state index in [1.54, 1.807) is 6.20 Å². The highest BCUT2D eigenvalue weighted by Gasteiger charge is 2.25. The van der Waals surface area contributed by atoms with E-state index in [1.807, 2.05) is 55.5 Å². The van der Waals surface area contributed by atoms with Crippen LogP contribution in [0.5, 0.6) is 0 Å². The molecule has 0 bridgehead atoms. The van der Waals surface area contributed by atoms with Crippen molar-refractivity contribution in [1.82, 2.24) is 10.3 Å². The van der Waals surface area contributed by atoms with Gasteiger partial charge in [-0.3, -0.25) is 9.59 Å². The van der Waals surface area contributed by atoms with Gasteiger partial charge >= 0.3 is 0 Å². The van der Waals surface area contributed by atoms with Crippen LogP contribution >= 0.6 is 0 Å². The van der Waals surface area contributed by atoms with Gasteiger partial charge < -0.3 is 10.3 Å². The molecule has 4 heteroatoms. The highest BCUT2D eigenvalue weighted by atomic mass is 16.1. The van der Waals surface area contributed by atoms with Crippen molar-refractivity contribution in [3.63, 3.8) is 0 Å². The lowest BCUT2D eigenvalue weighted by Crippen LogP contribution is -2.31. The summed E-state index contributed by atoms with van der Waals surface area (Å²) in [5, 5.41) is 4.37. The summed E-state index contributed by atoms with van der Waals surface area (Å²) >= 11 is 0. The van der Waals surface area contributed by atoms with Gasteiger partial charge in [0.1, 0.15) is 0 Å². The van der Waals surface area contributed by atoms with Crippen LogP contribution in [0.2, 0.25) is 0 Å². The molecule has 0 aliphatic rings. The molecule has 34 heavy (non-hydrogen) atoms. The SMILES string of the molecule is CCCC(=O)c1ccc2c(C(=O)[C@H](NC[C@@H](C)c3ccc(C)cc3)c3ccccc3)c[nH]c2c1. The molecule has 2 N–H and O–H groups in total. The van der Waals surface area contributed by atoms with Crippen LogP contribution in [0.25, 0.3) is 10.9 Å². The standard InChI is InChI=1S/C30H32N2O2/c1-4-8-28(33)24-15-16-25-26(19-31-27(25)17-24)30(34)29(23-9-6-5-7-10-23)32-18-21(3)22-13-11-20(2)12-14-22/h5-7,9-17,19,21,29,31-32H,4,8,18H2,1-3H3/t21-,29-/m1/s1. The summed E-state index contributed by atoms with van der Waals surface area (Å²) < 4.78 is 0. The van der Waals surface area contributed by atoms with E-state index in [0.717, 1.165) is 22.9 Å². The predicted molar refractivity (Wildman–Crippen MR) is 139 cm³/mol. The average Bonchev–Trinajstić information content (AvgIpc) is 3.28. The number of aromatic amines is 1. The minimum absolute atomic E-state index is 0.0150. The van der Waals surface area contributed by atoms with Gasteiger partial charge in [-0.25, -0.2) is 0 Å².